The van der Waals surface area contributed by atoms with Crippen molar-refractivity contribution in [1.82, 2.24) is 14.3 Å². The lowest BCUT2D eigenvalue weighted by Gasteiger charge is -2.29. The normalized spacial score (nSPS) is 17.9. The molecule has 2 aromatic heterocycles. The highest BCUT2D eigenvalue weighted by Crippen LogP contribution is 2.36. The standard InChI is InChI=1S/C21H21N3O2S/c1-27(25,26)24-14-4-6-16-5-2-3-7-19(16)21(24)18-10-13-23-20(15-18)17-8-11-22-12-9-17/h2-3,5,7-13,15,21H,4,6,14H2,1H3/t21-/m1/s1. The number of nitrogens with zero attached hydrogens (tertiary/aromatic N) is 3. The molecule has 138 valence electrons. The molecule has 0 N–H and O–H groups in total. The van der Waals surface area contributed by atoms with E-state index in [1.165, 1.54) is 11.8 Å². The van der Waals surface area contributed by atoms with Crippen LogP contribution in [0.2, 0.25) is 0 Å². The Morgan fingerprint density at radius 3 is 2.59 bits per heavy atom. The zero-order chi connectivity index (χ0) is 18.9. The number of benzene rings is 1. The van der Waals surface area contributed by atoms with E-state index in [1.54, 1.807) is 22.9 Å². The van der Waals surface area contributed by atoms with Gasteiger partial charge in [-0.25, -0.2) is 8.42 Å². The first kappa shape index (κ1) is 17.8. The molecule has 6 heteroatoms. The summed E-state index contributed by atoms with van der Waals surface area (Å²) in [4.78, 5) is 8.53. The lowest BCUT2D eigenvalue weighted by atomic mass is 9.94. The summed E-state index contributed by atoms with van der Waals surface area (Å²) in [5, 5.41) is 0. The van der Waals surface area contributed by atoms with E-state index in [-0.39, 0.29) is 6.04 Å². The summed E-state index contributed by atoms with van der Waals surface area (Å²) in [6.45, 7) is 0.505. The average molecular weight is 379 g/mol. The van der Waals surface area contributed by atoms with E-state index >= 15 is 0 Å². The first-order chi connectivity index (χ1) is 13.0. The first-order valence-electron chi connectivity index (χ1n) is 8.95. The number of hydrogen-bond acceptors (Lipinski definition) is 4. The second kappa shape index (κ2) is 7.21. The van der Waals surface area contributed by atoms with Crippen LogP contribution in [0.25, 0.3) is 11.3 Å². The van der Waals surface area contributed by atoms with E-state index in [0.29, 0.717) is 6.54 Å². The second-order valence-electron chi connectivity index (χ2n) is 6.79. The number of hydrogen-bond donors (Lipinski definition) is 0. The molecule has 0 spiro atoms. The Kier molecular flexibility index (Phi) is 4.76. The summed E-state index contributed by atoms with van der Waals surface area (Å²) in [5.74, 6) is 0. The van der Waals surface area contributed by atoms with Gasteiger partial charge in [0.05, 0.1) is 18.0 Å². The maximum atomic E-state index is 12.6. The third-order valence-electron chi connectivity index (χ3n) is 4.96. The van der Waals surface area contributed by atoms with Gasteiger partial charge in [0.25, 0.3) is 0 Å². The lowest BCUT2D eigenvalue weighted by molar-refractivity contribution is 0.368. The molecule has 1 atom stereocenters. The average Bonchev–Trinajstić information content (AvgIpc) is 2.88. The smallest absolute Gasteiger partial charge is 0.212 e. The van der Waals surface area contributed by atoms with Crippen LogP contribution in [0.1, 0.15) is 29.2 Å². The van der Waals surface area contributed by atoms with Crippen molar-refractivity contribution in [3.63, 3.8) is 0 Å². The molecule has 3 aromatic rings. The fourth-order valence-electron chi connectivity index (χ4n) is 3.74. The number of aromatic nitrogens is 2. The van der Waals surface area contributed by atoms with Crippen LogP contribution >= 0.6 is 0 Å². The third kappa shape index (κ3) is 3.63. The predicted octanol–water partition coefficient (Wildman–Crippen LogP) is 3.44. The van der Waals surface area contributed by atoms with Crippen LogP contribution in [0.15, 0.2) is 67.1 Å². The molecule has 0 saturated heterocycles. The molecule has 3 heterocycles. The van der Waals surface area contributed by atoms with Gasteiger partial charge in [-0.2, -0.15) is 4.31 Å². The molecule has 0 fully saturated rings. The molecule has 0 amide bonds. The van der Waals surface area contributed by atoms with Crippen molar-refractivity contribution in [3.05, 3.63) is 83.8 Å². The van der Waals surface area contributed by atoms with Gasteiger partial charge in [0.1, 0.15) is 0 Å². The number of fused-ring (bicyclic) bond motifs is 1. The zero-order valence-corrected chi connectivity index (χ0v) is 15.9. The quantitative estimate of drug-likeness (QED) is 0.699. The third-order valence-corrected chi connectivity index (χ3v) is 6.21. The van der Waals surface area contributed by atoms with E-state index in [1.807, 2.05) is 42.5 Å². The monoisotopic (exact) mass is 379 g/mol. The fourth-order valence-corrected chi connectivity index (χ4v) is 4.82. The zero-order valence-electron chi connectivity index (χ0n) is 15.1. The van der Waals surface area contributed by atoms with Crippen LogP contribution in [0, 0.1) is 0 Å². The van der Waals surface area contributed by atoms with Gasteiger partial charge >= 0.3 is 0 Å². The van der Waals surface area contributed by atoms with Gasteiger partial charge in [-0.3, -0.25) is 9.97 Å². The summed E-state index contributed by atoms with van der Waals surface area (Å²) in [5.41, 5.74) is 4.95. The Morgan fingerprint density at radius 1 is 1.04 bits per heavy atom. The van der Waals surface area contributed by atoms with E-state index in [0.717, 1.165) is 35.2 Å². The van der Waals surface area contributed by atoms with Gasteiger partial charge in [0, 0.05) is 30.7 Å². The Labute approximate surface area is 159 Å². The van der Waals surface area contributed by atoms with Gasteiger partial charge in [-0.1, -0.05) is 24.3 Å². The van der Waals surface area contributed by atoms with Crippen LogP contribution in [0.4, 0.5) is 0 Å². The summed E-state index contributed by atoms with van der Waals surface area (Å²) in [7, 11) is -3.36. The molecular weight excluding hydrogens is 358 g/mol. The van der Waals surface area contributed by atoms with Crippen molar-refractivity contribution in [2.75, 3.05) is 12.8 Å². The molecule has 0 saturated carbocycles. The molecule has 27 heavy (non-hydrogen) atoms. The van der Waals surface area contributed by atoms with Crippen LogP contribution in [0.5, 0.6) is 0 Å². The molecule has 0 aliphatic carbocycles. The summed E-state index contributed by atoms with van der Waals surface area (Å²) in [6, 6.07) is 15.5. The minimum absolute atomic E-state index is 0.345. The molecule has 0 bridgehead atoms. The molecular formula is C21H21N3O2S. The van der Waals surface area contributed by atoms with E-state index in [9.17, 15) is 8.42 Å². The number of pyridine rings is 2. The SMILES string of the molecule is CS(=O)(=O)N1CCCc2ccccc2[C@H]1c1ccnc(-c2ccncc2)c1. The Bertz CT molecular complexity index is 1050. The van der Waals surface area contributed by atoms with Gasteiger partial charge < -0.3 is 0 Å². The number of aryl methyl sites for hydroxylation is 1. The van der Waals surface area contributed by atoms with Crippen LogP contribution in [-0.2, 0) is 16.4 Å². The molecule has 5 nitrogen and oxygen atoms in total. The summed E-state index contributed by atoms with van der Waals surface area (Å²) < 4.78 is 26.8. The maximum absolute atomic E-state index is 12.6. The van der Waals surface area contributed by atoms with Crippen LogP contribution in [-0.4, -0.2) is 35.5 Å². The second-order valence-corrected chi connectivity index (χ2v) is 8.72. The van der Waals surface area contributed by atoms with Crippen molar-refractivity contribution >= 4 is 10.0 Å². The van der Waals surface area contributed by atoms with Crippen molar-refractivity contribution in [2.45, 2.75) is 18.9 Å². The summed E-state index contributed by atoms with van der Waals surface area (Å²) in [6.07, 6.45) is 8.18. The minimum atomic E-state index is -3.36. The molecule has 0 unspecified atom stereocenters. The lowest BCUT2D eigenvalue weighted by Crippen LogP contribution is -2.34. The van der Waals surface area contributed by atoms with Gasteiger partial charge in [0.15, 0.2) is 0 Å². The summed E-state index contributed by atoms with van der Waals surface area (Å²) >= 11 is 0. The van der Waals surface area contributed by atoms with Crippen LogP contribution in [0.3, 0.4) is 0 Å². The van der Waals surface area contributed by atoms with Gasteiger partial charge in [-0.15, -0.1) is 0 Å². The van der Waals surface area contributed by atoms with E-state index in [2.05, 4.69) is 16.0 Å². The molecule has 1 aliphatic heterocycles. The number of sulfonamides is 1. The topological polar surface area (TPSA) is 63.2 Å². The Balaban J connectivity index is 1.88. The van der Waals surface area contributed by atoms with Crippen LogP contribution < -0.4 is 0 Å². The molecule has 0 radical (unpaired) electrons. The molecule has 4 rings (SSSR count). The largest absolute Gasteiger partial charge is 0.265 e. The highest BCUT2D eigenvalue weighted by molar-refractivity contribution is 7.88. The Hall–Kier alpha value is -2.57. The van der Waals surface area contributed by atoms with Crippen molar-refractivity contribution < 1.29 is 8.42 Å². The highest BCUT2D eigenvalue weighted by Gasteiger charge is 2.32. The first-order valence-corrected chi connectivity index (χ1v) is 10.8. The number of rotatable bonds is 3. The van der Waals surface area contributed by atoms with Crippen molar-refractivity contribution in [1.29, 1.82) is 0 Å². The Morgan fingerprint density at radius 2 is 1.81 bits per heavy atom. The van der Waals surface area contributed by atoms with Crippen molar-refractivity contribution in [2.24, 2.45) is 0 Å². The maximum Gasteiger partial charge on any atom is 0.212 e. The minimum Gasteiger partial charge on any atom is -0.265 e. The van der Waals surface area contributed by atoms with E-state index in [4.69, 9.17) is 0 Å². The van der Waals surface area contributed by atoms with Crippen molar-refractivity contribution in [3.8, 4) is 11.3 Å². The predicted molar refractivity (Wildman–Crippen MR) is 106 cm³/mol. The van der Waals surface area contributed by atoms with E-state index < -0.39 is 10.0 Å². The van der Waals surface area contributed by atoms with Gasteiger partial charge in [0.2, 0.25) is 10.0 Å². The molecule has 1 aromatic carbocycles. The fraction of sp³-hybridized carbons (Fsp3) is 0.238. The molecule has 1 aliphatic rings. The van der Waals surface area contributed by atoms with Gasteiger partial charge in [-0.05, 0) is 53.8 Å². The highest BCUT2D eigenvalue weighted by atomic mass is 32.2.